The molecule has 2 aromatic carbocycles. The van der Waals surface area contributed by atoms with E-state index in [0.29, 0.717) is 17.7 Å². The average molecular weight is 493 g/mol. The van der Waals surface area contributed by atoms with Gasteiger partial charge in [-0.15, -0.1) is 0 Å². The molecule has 2 aromatic rings. The van der Waals surface area contributed by atoms with Crippen molar-refractivity contribution in [3.63, 3.8) is 0 Å². The summed E-state index contributed by atoms with van der Waals surface area (Å²) in [4.78, 5) is 24.9. The average Bonchev–Trinajstić information content (AvgIpc) is 2.73. The molecule has 0 spiro atoms. The molecular weight excluding hydrogens is 475 g/mol. The Morgan fingerprint density at radius 2 is 1.50 bits per heavy atom. The number of hydrogen-bond donors (Lipinski definition) is 3. The molecule has 1 heterocycles. The molecule has 3 N–H and O–H groups in total. The van der Waals surface area contributed by atoms with Gasteiger partial charge in [-0.3, -0.25) is 0 Å². The van der Waals surface area contributed by atoms with Gasteiger partial charge in [0.15, 0.2) is 0 Å². The summed E-state index contributed by atoms with van der Waals surface area (Å²) >= 11 is 0. The van der Waals surface area contributed by atoms with Gasteiger partial charge in [-0.05, 0) is 42.3 Å². The highest BCUT2D eigenvalue weighted by atomic mass is 19.4. The van der Waals surface area contributed by atoms with E-state index in [1.54, 1.807) is 0 Å². The minimum Gasteiger partial charge on any atom is -0.465 e. The normalized spacial score (nSPS) is 19.0. The van der Waals surface area contributed by atoms with Crippen molar-refractivity contribution in [2.24, 2.45) is 0 Å². The van der Waals surface area contributed by atoms with Crippen LogP contribution in [0.15, 0.2) is 42.5 Å². The summed E-state index contributed by atoms with van der Waals surface area (Å²) in [5, 5.41) is 13.7. The predicted octanol–water partition coefficient (Wildman–Crippen LogP) is 5.52. The van der Waals surface area contributed by atoms with Gasteiger partial charge in [0.1, 0.15) is 5.82 Å². The third kappa shape index (κ3) is 6.08. The Kier molecular flexibility index (Phi) is 6.94. The number of rotatable bonds is 3. The molecule has 0 radical (unpaired) electrons. The number of hydrogen-bond acceptors (Lipinski definition) is 2. The Hall–Kier alpha value is -3.51. The van der Waals surface area contributed by atoms with Crippen LogP contribution in [-0.2, 0) is 12.4 Å². The number of piperidine rings is 1. The zero-order valence-corrected chi connectivity index (χ0v) is 17.2. The summed E-state index contributed by atoms with van der Waals surface area (Å²) < 4.78 is 91.5. The van der Waals surface area contributed by atoms with Crippen molar-refractivity contribution in [1.82, 2.24) is 10.2 Å². The van der Waals surface area contributed by atoms with Crippen LogP contribution in [0.2, 0.25) is 0 Å². The van der Waals surface area contributed by atoms with Gasteiger partial charge >= 0.3 is 24.5 Å². The van der Waals surface area contributed by atoms with Crippen LogP contribution in [-0.4, -0.2) is 41.3 Å². The molecule has 3 amide bonds. The molecule has 2 unspecified atom stereocenters. The molecule has 1 saturated heterocycles. The maximum atomic E-state index is 13.3. The van der Waals surface area contributed by atoms with Gasteiger partial charge in [0.05, 0.1) is 11.1 Å². The lowest BCUT2D eigenvalue weighted by Gasteiger charge is -2.38. The third-order valence-corrected chi connectivity index (χ3v) is 5.34. The molecule has 13 heteroatoms. The van der Waals surface area contributed by atoms with Gasteiger partial charge in [-0.25, -0.2) is 14.0 Å². The highest BCUT2D eigenvalue weighted by Crippen LogP contribution is 2.37. The Bertz CT molecular complexity index is 1020. The number of amides is 3. The van der Waals surface area contributed by atoms with Crippen molar-refractivity contribution in [3.05, 3.63) is 65.0 Å². The number of alkyl halides is 6. The van der Waals surface area contributed by atoms with Gasteiger partial charge in [-0.1, -0.05) is 12.1 Å². The zero-order chi connectivity index (χ0) is 25.3. The van der Waals surface area contributed by atoms with E-state index < -0.39 is 59.1 Å². The fourth-order valence-electron chi connectivity index (χ4n) is 3.71. The molecule has 34 heavy (non-hydrogen) atoms. The first-order valence-electron chi connectivity index (χ1n) is 9.84. The quantitative estimate of drug-likeness (QED) is 0.493. The molecule has 3 rings (SSSR count). The predicted molar refractivity (Wildman–Crippen MR) is 106 cm³/mol. The van der Waals surface area contributed by atoms with Crippen molar-refractivity contribution in [2.45, 2.75) is 30.7 Å². The van der Waals surface area contributed by atoms with Crippen molar-refractivity contribution in [2.75, 3.05) is 18.4 Å². The van der Waals surface area contributed by atoms with E-state index in [1.807, 2.05) is 5.32 Å². The van der Waals surface area contributed by atoms with Crippen LogP contribution >= 0.6 is 0 Å². The Morgan fingerprint density at radius 1 is 0.941 bits per heavy atom. The highest BCUT2D eigenvalue weighted by molar-refractivity contribution is 5.89. The van der Waals surface area contributed by atoms with Crippen LogP contribution in [0.5, 0.6) is 0 Å². The van der Waals surface area contributed by atoms with Gasteiger partial charge in [-0.2, -0.15) is 26.3 Å². The number of halogens is 7. The van der Waals surface area contributed by atoms with Crippen LogP contribution in [0.3, 0.4) is 0 Å². The van der Waals surface area contributed by atoms with E-state index in [9.17, 15) is 45.4 Å². The van der Waals surface area contributed by atoms with Crippen molar-refractivity contribution >= 4 is 17.8 Å². The second-order valence-corrected chi connectivity index (χ2v) is 7.67. The summed E-state index contributed by atoms with van der Waals surface area (Å²) in [6.07, 6.45) is -11.3. The molecule has 1 aliphatic rings. The second kappa shape index (κ2) is 9.39. The summed E-state index contributed by atoms with van der Waals surface area (Å²) in [7, 11) is 0. The maximum Gasteiger partial charge on any atom is 0.416 e. The lowest BCUT2D eigenvalue weighted by atomic mass is 9.86. The van der Waals surface area contributed by atoms with Gasteiger partial charge in [0.25, 0.3) is 0 Å². The first-order valence-corrected chi connectivity index (χ1v) is 9.84. The standard InChI is InChI=1S/C21H18F7N3O3/c22-14-3-1-11(2-4-14)16-10-31(19(33)34)6-5-17(16)30-18(32)29-15-8-12(20(23,24)25)7-13(9-15)21(26,27)28/h1-4,7-9,16-17H,5-6,10H2,(H,33,34)(H2,29,30,32). The van der Waals surface area contributed by atoms with Gasteiger partial charge in [0.2, 0.25) is 0 Å². The van der Waals surface area contributed by atoms with E-state index >= 15 is 0 Å². The number of nitrogens with zero attached hydrogens (tertiary/aromatic N) is 1. The largest absolute Gasteiger partial charge is 0.465 e. The smallest absolute Gasteiger partial charge is 0.416 e. The molecule has 0 bridgehead atoms. The van der Waals surface area contributed by atoms with E-state index in [-0.39, 0.29) is 25.6 Å². The lowest BCUT2D eigenvalue weighted by molar-refractivity contribution is -0.143. The van der Waals surface area contributed by atoms with Crippen LogP contribution in [0.4, 0.5) is 46.0 Å². The SMILES string of the molecule is O=C(Nc1cc(C(F)(F)F)cc(C(F)(F)F)c1)NC1CCN(C(=O)O)CC1c1ccc(F)cc1. The lowest BCUT2D eigenvalue weighted by Crippen LogP contribution is -2.51. The van der Waals surface area contributed by atoms with Crippen LogP contribution in [0.25, 0.3) is 0 Å². The number of carboxylic acid groups (broad SMARTS) is 1. The fourth-order valence-corrected chi connectivity index (χ4v) is 3.71. The Balaban J connectivity index is 1.82. The van der Waals surface area contributed by atoms with Gasteiger partial charge in [0, 0.05) is 30.7 Å². The molecule has 0 aromatic heterocycles. The summed E-state index contributed by atoms with van der Waals surface area (Å²) in [5.41, 5.74) is -3.40. The Morgan fingerprint density at radius 3 is 2.00 bits per heavy atom. The minimum atomic E-state index is -5.08. The molecule has 184 valence electrons. The van der Waals surface area contributed by atoms with Crippen molar-refractivity contribution in [1.29, 1.82) is 0 Å². The van der Waals surface area contributed by atoms with E-state index in [2.05, 4.69) is 5.32 Å². The summed E-state index contributed by atoms with van der Waals surface area (Å²) in [6.45, 7) is -0.0343. The van der Waals surface area contributed by atoms with Crippen molar-refractivity contribution < 1.29 is 45.4 Å². The number of carbonyl (C=O) groups excluding carboxylic acids is 1. The third-order valence-electron chi connectivity index (χ3n) is 5.34. The second-order valence-electron chi connectivity index (χ2n) is 7.67. The molecule has 1 fully saturated rings. The monoisotopic (exact) mass is 493 g/mol. The highest BCUT2D eigenvalue weighted by Gasteiger charge is 2.37. The molecule has 6 nitrogen and oxygen atoms in total. The first kappa shape index (κ1) is 25.1. The fraction of sp³-hybridized carbons (Fsp3) is 0.333. The Labute approximate surface area is 188 Å². The van der Waals surface area contributed by atoms with E-state index in [4.69, 9.17) is 0 Å². The van der Waals surface area contributed by atoms with E-state index in [1.165, 1.54) is 12.1 Å². The van der Waals surface area contributed by atoms with Crippen LogP contribution in [0.1, 0.15) is 29.0 Å². The number of urea groups is 1. The zero-order valence-electron chi connectivity index (χ0n) is 17.2. The maximum absolute atomic E-state index is 13.3. The molecule has 0 aliphatic carbocycles. The number of carbonyl (C=O) groups is 2. The summed E-state index contributed by atoms with van der Waals surface area (Å²) in [6, 6.07) is 3.98. The summed E-state index contributed by atoms with van der Waals surface area (Å²) in [5.74, 6) is -1.18. The topological polar surface area (TPSA) is 81.7 Å². The molecule has 1 aliphatic heterocycles. The minimum absolute atomic E-state index is 0.0275. The number of anilines is 1. The van der Waals surface area contributed by atoms with Gasteiger partial charge < -0.3 is 20.6 Å². The molecule has 2 atom stereocenters. The van der Waals surface area contributed by atoms with Crippen LogP contribution < -0.4 is 10.6 Å². The number of benzene rings is 2. The van der Waals surface area contributed by atoms with E-state index in [0.717, 1.165) is 17.0 Å². The first-order chi connectivity index (χ1) is 15.7. The number of nitrogens with one attached hydrogen (secondary N) is 2. The molecule has 0 saturated carbocycles. The molecular formula is C21H18F7N3O3. The van der Waals surface area contributed by atoms with Crippen molar-refractivity contribution in [3.8, 4) is 0 Å². The van der Waals surface area contributed by atoms with Crippen LogP contribution in [0, 0.1) is 5.82 Å². The number of likely N-dealkylation sites (tertiary alicyclic amines) is 1.